The van der Waals surface area contributed by atoms with Crippen LogP contribution in [0.4, 0.5) is 5.69 Å². The highest BCUT2D eigenvalue weighted by Gasteiger charge is 2.59. The molecule has 2 heterocycles. The molecule has 138 valence electrons. The van der Waals surface area contributed by atoms with Crippen LogP contribution >= 0.6 is 35.0 Å². The van der Waals surface area contributed by atoms with Gasteiger partial charge in [0.05, 0.1) is 12.2 Å². The van der Waals surface area contributed by atoms with E-state index < -0.39 is 22.7 Å². The van der Waals surface area contributed by atoms with Crippen LogP contribution in [0.2, 0.25) is 10.0 Å². The lowest BCUT2D eigenvalue weighted by Crippen LogP contribution is -2.49. The average Bonchev–Trinajstić information content (AvgIpc) is 3.08. The molecule has 0 fully saturated rings. The van der Waals surface area contributed by atoms with Crippen LogP contribution in [0.3, 0.4) is 0 Å². The van der Waals surface area contributed by atoms with Crippen molar-refractivity contribution in [2.45, 2.75) is 17.4 Å². The monoisotopic (exact) mass is 421 g/mol. The summed E-state index contributed by atoms with van der Waals surface area (Å²) in [5, 5.41) is 11.1. The Morgan fingerprint density at radius 1 is 1.15 bits per heavy atom. The number of rotatable bonds is 3. The topological polar surface area (TPSA) is 96.0 Å². The van der Waals surface area contributed by atoms with Gasteiger partial charge in [-0.15, -0.1) is 0 Å². The van der Waals surface area contributed by atoms with Crippen LogP contribution in [0.25, 0.3) is 0 Å². The second-order valence-electron chi connectivity index (χ2n) is 6.16. The average molecular weight is 422 g/mol. The summed E-state index contributed by atoms with van der Waals surface area (Å²) in [7, 11) is 0. The van der Waals surface area contributed by atoms with Crippen molar-refractivity contribution in [1.82, 2.24) is 0 Å². The lowest BCUT2D eigenvalue weighted by atomic mass is 9.91. The molecule has 0 saturated carbocycles. The van der Waals surface area contributed by atoms with Gasteiger partial charge in [-0.05, 0) is 18.2 Å². The summed E-state index contributed by atoms with van der Waals surface area (Å²) in [4.78, 5) is 30.6. The first-order valence-corrected chi connectivity index (χ1v) is 9.59. The number of thioether (sulfide) groups is 1. The number of para-hydroxylation sites is 1. The van der Waals surface area contributed by atoms with Gasteiger partial charge in [-0.3, -0.25) is 9.59 Å². The van der Waals surface area contributed by atoms with Crippen molar-refractivity contribution >= 4 is 57.6 Å². The summed E-state index contributed by atoms with van der Waals surface area (Å²) in [5.41, 5.74) is 4.92. The molecule has 9 heteroatoms. The minimum atomic E-state index is -2.07. The number of fused-ring (bicyclic) bond motifs is 1. The fourth-order valence-electron chi connectivity index (χ4n) is 3.34. The maximum Gasteiger partial charge on any atom is 0.265 e. The first kappa shape index (κ1) is 18.3. The van der Waals surface area contributed by atoms with E-state index in [2.05, 4.69) is 4.99 Å². The number of hydrogen-bond acceptors (Lipinski definition) is 5. The number of anilines is 1. The zero-order valence-electron chi connectivity index (χ0n) is 13.7. The molecule has 2 amide bonds. The zero-order chi connectivity index (χ0) is 19.3. The Balaban J connectivity index is 1.80. The minimum Gasteiger partial charge on any atom is -0.378 e. The smallest absolute Gasteiger partial charge is 0.265 e. The van der Waals surface area contributed by atoms with E-state index in [1.165, 1.54) is 4.90 Å². The highest BCUT2D eigenvalue weighted by atomic mass is 35.5. The highest BCUT2D eigenvalue weighted by molar-refractivity contribution is 8.15. The van der Waals surface area contributed by atoms with E-state index in [9.17, 15) is 14.7 Å². The molecule has 0 aromatic heterocycles. The number of amidine groups is 1. The van der Waals surface area contributed by atoms with E-state index in [4.69, 9.17) is 28.9 Å². The Labute approximate surface area is 169 Å². The van der Waals surface area contributed by atoms with E-state index in [0.717, 1.165) is 11.8 Å². The van der Waals surface area contributed by atoms with Crippen LogP contribution in [0.15, 0.2) is 47.5 Å². The number of halogens is 2. The Morgan fingerprint density at radius 2 is 1.81 bits per heavy atom. The molecular weight excluding hydrogens is 409 g/mol. The molecule has 0 aliphatic carbocycles. The summed E-state index contributed by atoms with van der Waals surface area (Å²) < 4.78 is 0. The van der Waals surface area contributed by atoms with Gasteiger partial charge in [-0.2, -0.15) is 4.99 Å². The van der Waals surface area contributed by atoms with Crippen molar-refractivity contribution in [3.63, 3.8) is 0 Å². The second kappa shape index (κ2) is 6.53. The van der Waals surface area contributed by atoms with E-state index in [-0.39, 0.29) is 11.7 Å². The Kier molecular flexibility index (Phi) is 4.43. The SMILES string of the molecule is NC1=NC(=O)C(C2(O)C(=O)N(Cc3c(Cl)cccc3Cl)c3ccccc32)S1. The predicted molar refractivity (Wildman–Crippen MR) is 106 cm³/mol. The zero-order valence-corrected chi connectivity index (χ0v) is 16.1. The van der Waals surface area contributed by atoms with Gasteiger partial charge in [0.2, 0.25) is 0 Å². The van der Waals surface area contributed by atoms with E-state index in [1.54, 1.807) is 42.5 Å². The molecule has 2 aliphatic heterocycles. The van der Waals surface area contributed by atoms with Crippen molar-refractivity contribution < 1.29 is 14.7 Å². The Bertz CT molecular complexity index is 993. The maximum atomic E-state index is 13.3. The normalized spacial score (nSPS) is 24.3. The summed E-state index contributed by atoms with van der Waals surface area (Å²) in [5.74, 6) is -1.28. The summed E-state index contributed by atoms with van der Waals surface area (Å²) in [6, 6.07) is 11.8. The standard InChI is InChI=1S/C18H13Cl2N3O3S/c19-11-5-3-6-12(20)9(11)8-23-13-7-2-1-4-10(13)18(26,16(23)25)14-15(24)22-17(21)27-14/h1-7,14,26H,8H2,(H2,21,22,24). The first-order chi connectivity index (χ1) is 12.8. The second-order valence-corrected chi connectivity index (χ2v) is 8.10. The van der Waals surface area contributed by atoms with Gasteiger partial charge in [0.1, 0.15) is 5.25 Å². The third-order valence-electron chi connectivity index (χ3n) is 4.62. The molecule has 2 atom stereocenters. The largest absolute Gasteiger partial charge is 0.378 e. The fraction of sp³-hybridized carbons (Fsp3) is 0.167. The molecule has 27 heavy (non-hydrogen) atoms. The fourth-order valence-corrected chi connectivity index (χ4v) is 4.80. The number of carbonyl (C=O) groups is 2. The third kappa shape index (κ3) is 2.73. The number of aliphatic imine (C=N–C) groups is 1. The van der Waals surface area contributed by atoms with E-state index >= 15 is 0 Å². The van der Waals surface area contributed by atoms with Crippen LogP contribution in [0.5, 0.6) is 0 Å². The number of hydrogen-bond donors (Lipinski definition) is 2. The molecular formula is C18H13Cl2N3O3S. The maximum absolute atomic E-state index is 13.3. The van der Waals surface area contributed by atoms with Crippen molar-refractivity contribution in [3.05, 3.63) is 63.6 Å². The number of amides is 2. The third-order valence-corrected chi connectivity index (χ3v) is 6.44. The van der Waals surface area contributed by atoms with Gasteiger partial charge in [-0.25, -0.2) is 0 Å². The van der Waals surface area contributed by atoms with Crippen molar-refractivity contribution in [1.29, 1.82) is 0 Å². The van der Waals surface area contributed by atoms with Crippen molar-refractivity contribution in [2.75, 3.05) is 4.90 Å². The predicted octanol–water partition coefficient (Wildman–Crippen LogP) is 2.68. The van der Waals surface area contributed by atoms with Gasteiger partial charge >= 0.3 is 0 Å². The van der Waals surface area contributed by atoms with Gasteiger partial charge < -0.3 is 15.7 Å². The number of benzene rings is 2. The van der Waals surface area contributed by atoms with Crippen LogP contribution < -0.4 is 10.6 Å². The summed E-state index contributed by atoms with van der Waals surface area (Å²) >= 11 is 13.4. The van der Waals surface area contributed by atoms with E-state index in [1.807, 2.05) is 0 Å². The van der Waals surface area contributed by atoms with Gasteiger partial charge in [0.15, 0.2) is 10.8 Å². The number of aliphatic hydroxyl groups is 1. The number of nitrogens with zero attached hydrogens (tertiary/aromatic N) is 2. The van der Waals surface area contributed by atoms with Gasteiger partial charge in [0.25, 0.3) is 11.8 Å². The van der Waals surface area contributed by atoms with Crippen LogP contribution in [0, 0.1) is 0 Å². The molecule has 0 radical (unpaired) electrons. The molecule has 3 N–H and O–H groups in total. The number of nitrogens with two attached hydrogens (primary N) is 1. The molecule has 0 spiro atoms. The van der Waals surface area contributed by atoms with Crippen LogP contribution in [-0.4, -0.2) is 27.3 Å². The molecule has 6 nitrogen and oxygen atoms in total. The van der Waals surface area contributed by atoms with Crippen molar-refractivity contribution in [3.8, 4) is 0 Å². The van der Waals surface area contributed by atoms with Crippen LogP contribution in [-0.2, 0) is 21.7 Å². The number of carbonyl (C=O) groups excluding carboxylic acids is 2. The molecule has 2 aliphatic rings. The quantitative estimate of drug-likeness (QED) is 0.793. The summed E-state index contributed by atoms with van der Waals surface area (Å²) in [6.45, 7) is 0.0541. The van der Waals surface area contributed by atoms with Crippen molar-refractivity contribution in [2.24, 2.45) is 10.7 Å². The molecule has 2 unspecified atom stereocenters. The highest BCUT2D eigenvalue weighted by Crippen LogP contribution is 2.48. The molecule has 0 saturated heterocycles. The molecule has 2 aromatic rings. The van der Waals surface area contributed by atoms with Gasteiger partial charge in [0, 0.05) is 21.2 Å². The minimum absolute atomic E-state index is 0.0244. The Hall–Kier alpha value is -2.06. The van der Waals surface area contributed by atoms with E-state index in [0.29, 0.717) is 26.9 Å². The lowest BCUT2D eigenvalue weighted by Gasteiger charge is -2.27. The lowest BCUT2D eigenvalue weighted by molar-refractivity contribution is -0.140. The molecule has 2 aromatic carbocycles. The first-order valence-electron chi connectivity index (χ1n) is 7.95. The van der Waals surface area contributed by atoms with Crippen LogP contribution in [0.1, 0.15) is 11.1 Å². The Morgan fingerprint density at radius 3 is 2.44 bits per heavy atom. The molecule has 0 bridgehead atoms. The summed E-state index contributed by atoms with van der Waals surface area (Å²) in [6.07, 6.45) is 0. The molecule has 4 rings (SSSR count). The van der Waals surface area contributed by atoms with Gasteiger partial charge in [-0.1, -0.05) is 59.2 Å².